The standard InChI is InChI=1S/C16H25N5/c1-10(2)17-8-7-15-13(5)20-21(14(15)6)16-18-11(3)9-12(4)19-16/h9-10,17H,7-8H2,1-6H3. The van der Waals surface area contributed by atoms with Gasteiger partial charge in [0.25, 0.3) is 5.95 Å². The van der Waals surface area contributed by atoms with Crippen LogP contribution in [0.3, 0.4) is 0 Å². The molecule has 21 heavy (non-hydrogen) atoms. The predicted octanol–water partition coefficient (Wildman–Crippen LogP) is 2.44. The van der Waals surface area contributed by atoms with E-state index in [1.807, 2.05) is 24.6 Å². The molecule has 0 saturated carbocycles. The zero-order valence-corrected chi connectivity index (χ0v) is 13.9. The Balaban J connectivity index is 2.29. The SMILES string of the molecule is Cc1cc(C)nc(-n2nc(C)c(CCNC(C)C)c2C)n1. The van der Waals surface area contributed by atoms with Gasteiger partial charge in [-0.2, -0.15) is 5.10 Å². The summed E-state index contributed by atoms with van der Waals surface area (Å²) in [5.74, 6) is 0.663. The quantitative estimate of drug-likeness (QED) is 0.917. The summed E-state index contributed by atoms with van der Waals surface area (Å²) in [6.07, 6.45) is 0.973. The summed E-state index contributed by atoms with van der Waals surface area (Å²) in [5, 5.41) is 8.07. The molecule has 5 heteroatoms. The second-order valence-corrected chi connectivity index (χ2v) is 5.87. The normalized spacial score (nSPS) is 11.4. The van der Waals surface area contributed by atoms with E-state index in [1.54, 1.807) is 0 Å². The molecule has 0 aliphatic rings. The van der Waals surface area contributed by atoms with Crippen LogP contribution in [0.15, 0.2) is 6.07 Å². The third kappa shape index (κ3) is 3.67. The van der Waals surface area contributed by atoms with Crippen LogP contribution in [0.2, 0.25) is 0 Å². The second kappa shape index (κ2) is 6.35. The highest BCUT2D eigenvalue weighted by atomic mass is 15.4. The van der Waals surface area contributed by atoms with Crippen LogP contribution in [0, 0.1) is 27.7 Å². The van der Waals surface area contributed by atoms with Gasteiger partial charge in [0.2, 0.25) is 0 Å². The molecule has 2 aromatic rings. The first-order chi connectivity index (χ1) is 9.88. The molecule has 0 unspecified atom stereocenters. The number of nitrogens with zero attached hydrogens (tertiary/aromatic N) is 4. The zero-order valence-electron chi connectivity index (χ0n) is 13.9. The fourth-order valence-corrected chi connectivity index (χ4v) is 2.52. The summed E-state index contributed by atoms with van der Waals surface area (Å²) >= 11 is 0. The first-order valence-corrected chi connectivity index (χ1v) is 7.49. The lowest BCUT2D eigenvalue weighted by atomic mass is 10.1. The topological polar surface area (TPSA) is 55.6 Å². The number of hydrogen-bond acceptors (Lipinski definition) is 4. The molecule has 0 spiro atoms. The van der Waals surface area contributed by atoms with E-state index in [0.717, 1.165) is 35.7 Å². The molecular formula is C16H25N5. The largest absolute Gasteiger partial charge is 0.314 e. The van der Waals surface area contributed by atoms with Crippen LogP contribution < -0.4 is 5.32 Å². The Morgan fingerprint density at radius 1 is 1.10 bits per heavy atom. The number of nitrogens with one attached hydrogen (secondary N) is 1. The van der Waals surface area contributed by atoms with Gasteiger partial charge in [0.1, 0.15) is 0 Å². The lowest BCUT2D eigenvalue weighted by Crippen LogP contribution is -2.25. The molecule has 0 saturated heterocycles. The van der Waals surface area contributed by atoms with Crippen molar-refractivity contribution in [3.8, 4) is 5.95 Å². The molecule has 0 amide bonds. The summed E-state index contributed by atoms with van der Waals surface area (Å²) in [5.41, 5.74) is 5.40. The highest BCUT2D eigenvalue weighted by Crippen LogP contribution is 2.16. The summed E-state index contributed by atoms with van der Waals surface area (Å²) in [7, 11) is 0. The van der Waals surface area contributed by atoms with Crippen molar-refractivity contribution in [2.45, 2.75) is 54.0 Å². The number of hydrogen-bond donors (Lipinski definition) is 1. The highest BCUT2D eigenvalue weighted by Gasteiger charge is 2.14. The molecule has 2 rings (SSSR count). The van der Waals surface area contributed by atoms with Gasteiger partial charge in [0.05, 0.1) is 5.69 Å². The smallest absolute Gasteiger partial charge is 0.251 e. The van der Waals surface area contributed by atoms with Crippen LogP contribution in [0.5, 0.6) is 0 Å². The van der Waals surface area contributed by atoms with Gasteiger partial charge >= 0.3 is 0 Å². The third-order valence-electron chi connectivity index (χ3n) is 3.53. The Labute approximate surface area is 126 Å². The summed E-state index contributed by atoms with van der Waals surface area (Å²) in [6.45, 7) is 13.4. The molecule has 0 atom stereocenters. The van der Waals surface area contributed by atoms with Gasteiger partial charge in [0, 0.05) is 23.1 Å². The van der Waals surface area contributed by atoms with E-state index in [9.17, 15) is 0 Å². The van der Waals surface area contributed by atoms with E-state index in [4.69, 9.17) is 0 Å². The van der Waals surface area contributed by atoms with Gasteiger partial charge in [-0.25, -0.2) is 14.6 Å². The predicted molar refractivity (Wildman–Crippen MR) is 84.9 cm³/mol. The lowest BCUT2D eigenvalue weighted by molar-refractivity contribution is 0.589. The Morgan fingerprint density at radius 2 is 1.71 bits per heavy atom. The molecule has 1 N–H and O–H groups in total. The highest BCUT2D eigenvalue weighted by molar-refractivity contribution is 5.30. The Hall–Kier alpha value is -1.75. The van der Waals surface area contributed by atoms with Gasteiger partial charge in [-0.1, -0.05) is 13.8 Å². The van der Waals surface area contributed by atoms with Crippen molar-refractivity contribution < 1.29 is 0 Å². The number of aromatic nitrogens is 4. The lowest BCUT2D eigenvalue weighted by Gasteiger charge is -2.08. The summed E-state index contributed by atoms with van der Waals surface area (Å²) in [4.78, 5) is 9.00. The van der Waals surface area contributed by atoms with Crippen LogP contribution in [-0.4, -0.2) is 32.3 Å². The summed E-state index contributed by atoms with van der Waals surface area (Å²) in [6, 6.07) is 2.48. The van der Waals surface area contributed by atoms with Crippen LogP contribution in [0.4, 0.5) is 0 Å². The first kappa shape index (κ1) is 15.6. The van der Waals surface area contributed by atoms with Crippen molar-refractivity contribution in [3.05, 3.63) is 34.4 Å². The maximum atomic E-state index is 4.62. The fraction of sp³-hybridized carbons (Fsp3) is 0.562. The molecule has 114 valence electrons. The molecule has 0 bridgehead atoms. The maximum Gasteiger partial charge on any atom is 0.251 e. The van der Waals surface area contributed by atoms with Crippen molar-refractivity contribution in [1.29, 1.82) is 0 Å². The van der Waals surface area contributed by atoms with Crippen LogP contribution in [0.25, 0.3) is 5.95 Å². The Bertz CT molecular complexity index is 608. The molecule has 0 radical (unpaired) electrons. The van der Waals surface area contributed by atoms with Gasteiger partial charge in [0.15, 0.2) is 0 Å². The van der Waals surface area contributed by atoms with E-state index in [2.05, 4.69) is 48.1 Å². The number of rotatable bonds is 5. The first-order valence-electron chi connectivity index (χ1n) is 7.49. The number of aryl methyl sites for hydroxylation is 3. The van der Waals surface area contributed by atoms with Crippen molar-refractivity contribution >= 4 is 0 Å². The Morgan fingerprint density at radius 3 is 2.29 bits per heavy atom. The average Bonchev–Trinajstić information content (AvgIpc) is 2.65. The van der Waals surface area contributed by atoms with Gasteiger partial charge in [-0.3, -0.25) is 0 Å². The second-order valence-electron chi connectivity index (χ2n) is 5.87. The van der Waals surface area contributed by atoms with E-state index in [0.29, 0.717) is 12.0 Å². The zero-order chi connectivity index (χ0) is 15.6. The van der Waals surface area contributed by atoms with Crippen LogP contribution in [0.1, 0.15) is 42.2 Å². The molecule has 0 aromatic carbocycles. The van der Waals surface area contributed by atoms with E-state index >= 15 is 0 Å². The minimum absolute atomic E-state index is 0.503. The maximum absolute atomic E-state index is 4.62. The molecule has 2 aromatic heterocycles. The molecule has 0 aliphatic heterocycles. The van der Waals surface area contributed by atoms with E-state index < -0.39 is 0 Å². The minimum atomic E-state index is 0.503. The molecular weight excluding hydrogens is 262 g/mol. The van der Waals surface area contributed by atoms with E-state index in [-0.39, 0.29) is 0 Å². The van der Waals surface area contributed by atoms with E-state index in [1.165, 1.54) is 5.56 Å². The molecule has 0 fully saturated rings. The van der Waals surface area contributed by atoms with Crippen LogP contribution >= 0.6 is 0 Å². The van der Waals surface area contributed by atoms with Gasteiger partial charge < -0.3 is 5.32 Å². The van der Waals surface area contributed by atoms with Crippen molar-refractivity contribution in [2.24, 2.45) is 0 Å². The van der Waals surface area contributed by atoms with Crippen molar-refractivity contribution in [1.82, 2.24) is 25.1 Å². The average molecular weight is 287 g/mol. The van der Waals surface area contributed by atoms with Gasteiger partial charge in [-0.05, 0) is 52.3 Å². The molecule has 0 aliphatic carbocycles. The van der Waals surface area contributed by atoms with Crippen molar-refractivity contribution in [3.63, 3.8) is 0 Å². The third-order valence-corrected chi connectivity index (χ3v) is 3.53. The monoisotopic (exact) mass is 287 g/mol. The summed E-state index contributed by atoms with van der Waals surface area (Å²) < 4.78 is 1.86. The van der Waals surface area contributed by atoms with Crippen molar-refractivity contribution in [2.75, 3.05) is 6.54 Å². The Kier molecular flexibility index (Phi) is 4.73. The fourth-order valence-electron chi connectivity index (χ4n) is 2.52. The minimum Gasteiger partial charge on any atom is -0.314 e. The van der Waals surface area contributed by atoms with Crippen LogP contribution in [-0.2, 0) is 6.42 Å². The molecule has 5 nitrogen and oxygen atoms in total. The molecule has 2 heterocycles. The van der Waals surface area contributed by atoms with Gasteiger partial charge in [-0.15, -0.1) is 0 Å².